The molecule has 0 atom stereocenters. The fourth-order valence-electron chi connectivity index (χ4n) is 1.20. The van der Waals surface area contributed by atoms with Crippen LogP contribution < -0.4 is 5.32 Å². The van der Waals surface area contributed by atoms with Crippen molar-refractivity contribution < 1.29 is 13.5 Å². The van der Waals surface area contributed by atoms with Crippen LogP contribution in [0.1, 0.15) is 12.1 Å². The van der Waals surface area contributed by atoms with E-state index in [0.29, 0.717) is 19.5 Å². The summed E-state index contributed by atoms with van der Waals surface area (Å²) in [4.78, 5) is 3.99. The van der Waals surface area contributed by atoms with Gasteiger partial charge in [0.1, 0.15) is 15.6 Å². The third-order valence-corrected chi connectivity index (χ3v) is 3.01. The first-order chi connectivity index (χ1) is 7.47. The minimum atomic E-state index is -2.86. The lowest BCUT2D eigenvalue weighted by atomic mass is 10.3. The third-order valence-electron chi connectivity index (χ3n) is 1.98. The van der Waals surface area contributed by atoms with Crippen molar-refractivity contribution in [3.63, 3.8) is 0 Å². The summed E-state index contributed by atoms with van der Waals surface area (Å²) >= 11 is 0. The molecule has 6 heteroatoms. The molecule has 1 heterocycles. The molecule has 0 amide bonds. The van der Waals surface area contributed by atoms with Gasteiger partial charge in [0.25, 0.3) is 0 Å². The first-order valence-electron chi connectivity index (χ1n) is 5.00. The quantitative estimate of drug-likeness (QED) is 0.704. The minimum Gasteiger partial charge on any atom is -0.506 e. The Bertz CT molecular complexity index is 414. The van der Waals surface area contributed by atoms with E-state index < -0.39 is 9.84 Å². The van der Waals surface area contributed by atoms with E-state index in [-0.39, 0.29) is 11.5 Å². The van der Waals surface area contributed by atoms with Gasteiger partial charge in [-0.2, -0.15) is 0 Å². The summed E-state index contributed by atoms with van der Waals surface area (Å²) in [5, 5.41) is 12.1. The van der Waals surface area contributed by atoms with E-state index >= 15 is 0 Å². The molecule has 1 rings (SSSR count). The van der Waals surface area contributed by atoms with E-state index in [0.717, 1.165) is 5.69 Å². The summed E-state index contributed by atoms with van der Waals surface area (Å²) in [5.74, 6) is 0.337. The van der Waals surface area contributed by atoms with Gasteiger partial charge in [0, 0.05) is 12.8 Å². The molecule has 0 spiro atoms. The summed E-state index contributed by atoms with van der Waals surface area (Å²) in [6.45, 7) is 1.21. The third kappa shape index (κ3) is 5.67. The highest BCUT2D eigenvalue weighted by Crippen LogP contribution is 2.05. The normalized spacial score (nSPS) is 11.6. The van der Waals surface area contributed by atoms with E-state index in [1.165, 1.54) is 12.5 Å². The fourth-order valence-corrected chi connectivity index (χ4v) is 1.87. The molecule has 0 saturated carbocycles. The lowest BCUT2D eigenvalue weighted by molar-refractivity contribution is 0.471. The zero-order chi connectivity index (χ0) is 12.0. The number of hydrogen-bond acceptors (Lipinski definition) is 5. The Labute approximate surface area is 95.4 Å². The van der Waals surface area contributed by atoms with Gasteiger partial charge in [0.15, 0.2) is 0 Å². The second-order valence-electron chi connectivity index (χ2n) is 3.67. The van der Waals surface area contributed by atoms with Crippen molar-refractivity contribution in [1.29, 1.82) is 0 Å². The second-order valence-corrected chi connectivity index (χ2v) is 5.93. The first-order valence-corrected chi connectivity index (χ1v) is 7.06. The molecule has 0 aliphatic rings. The van der Waals surface area contributed by atoms with Crippen LogP contribution in [-0.4, -0.2) is 37.1 Å². The first kappa shape index (κ1) is 12.9. The number of pyridine rings is 1. The zero-order valence-electron chi connectivity index (χ0n) is 9.18. The molecule has 1 aromatic heterocycles. The minimum absolute atomic E-state index is 0.140. The fraction of sp³-hybridized carbons (Fsp3) is 0.500. The summed E-state index contributed by atoms with van der Waals surface area (Å²) < 4.78 is 21.7. The Morgan fingerprint density at radius 2 is 2.19 bits per heavy atom. The van der Waals surface area contributed by atoms with Crippen molar-refractivity contribution in [2.45, 2.75) is 13.0 Å². The lowest BCUT2D eigenvalue weighted by Gasteiger charge is -2.03. The van der Waals surface area contributed by atoms with Gasteiger partial charge in [-0.05, 0) is 25.1 Å². The van der Waals surface area contributed by atoms with Gasteiger partial charge in [-0.25, -0.2) is 8.42 Å². The number of sulfone groups is 1. The van der Waals surface area contributed by atoms with Gasteiger partial charge in [-0.15, -0.1) is 0 Å². The smallest absolute Gasteiger partial charge is 0.147 e. The van der Waals surface area contributed by atoms with Crippen molar-refractivity contribution in [3.8, 4) is 5.75 Å². The Hall–Kier alpha value is -1.14. The molecule has 0 aliphatic carbocycles. The second kappa shape index (κ2) is 5.81. The molecule has 0 aliphatic heterocycles. The average molecular weight is 244 g/mol. The van der Waals surface area contributed by atoms with Gasteiger partial charge in [-0.3, -0.25) is 4.98 Å². The molecule has 0 radical (unpaired) electrons. The van der Waals surface area contributed by atoms with Crippen LogP contribution in [0.5, 0.6) is 5.75 Å². The molecule has 0 saturated heterocycles. The Morgan fingerprint density at radius 1 is 1.44 bits per heavy atom. The molecule has 90 valence electrons. The van der Waals surface area contributed by atoms with Crippen molar-refractivity contribution in [2.75, 3.05) is 18.6 Å². The van der Waals surface area contributed by atoms with Crippen molar-refractivity contribution in [1.82, 2.24) is 10.3 Å². The molecule has 16 heavy (non-hydrogen) atoms. The molecular weight excluding hydrogens is 228 g/mol. The highest BCUT2D eigenvalue weighted by Gasteiger charge is 2.01. The molecule has 0 unspecified atom stereocenters. The molecule has 0 fully saturated rings. The van der Waals surface area contributed by atoms with Gasteiger partial charge < -0.3 is 10.4 Å². The molecule has 2 N–H and O–H groups in total. The zero-order valence-corrected chi connectivity index (χ0v) is 10.00. The van der Waals surface area contributed by atoms with Crippen LogP contribution in [-0.2, 0) is 16.4 Å². The monoisotopic (exact) mass is 244 g/mol. The number of aromatic hydroxyl groups is 1. The molecule has 0 bridgehead atoms. The summed E-state index contributed by atoms with van der Waals surface area (Å²) in [5.41, 5.74) is 0.817. The highest BCUT2D eigenvalue weighted by atomic mass is 32.2. The van der Waals surface area contributed by atoms with Crippen LogP contribution in [0.3, 0.4) is 0 Å². The van der Waals surface area contributed by atoms with Crippen LogP contribution in [0.4, 0.5) is 0 Å². The van der Waals surface area contributed by atoms with Crippen LogP contribution in [0.15, 0.2) is 18.3 Å². The van der Waals surface area contributed by atoms with Crippen molar-refractivity contribution >= 4 is 9.84 Å². The van der Waals surface area contributed by atoms with E-state index in [2.05, 4.69) is 10.3 Å². The van der Waals surface area contributed by atoms with E-state index in [4.69, 9.17) is 5.11 Å². The predicted octanol–water partition coefficient (Wildman–Crippen LogP) is 0.311. The van der Waals surface area contributed by atoms with Crippen LogP contribution in [0.25, 0.3) is 0 Å². The van der Waals surface area contributed by atoms with Gasteiger partial charge in [0.05, 0.1) is 17.6 Å². The Balaban J connectivity index is 2.19. The number of nitrogens with one attached hydrogen (secondary N) is 1. The maximum absolute atomic E-state index is 10.8. The van der Waals surface area contributed by atoms with Crippen LogP contribution in [0.2, 0.25) is 0 Å². The van der Waals surface area contributed by atoms with Crippen LogP contribution >= 0.6 is 0 Å². The SMILES string of the molecule is CS(=O)(=O)CCCNCc1ccc(O)cn1. The van der Waals surface area contributed by atoms with E-state index in [9.17, 15) is 8.42 Å². The number of rotatable bonds is 6. The largest absolute Gasteiger partial charge is 0.506 e. The lowest BCUT2D eigenvalue weighted by Crippen LogP contribution is -2.18. The van der Waals surface area contributed by atoms with E-state index in [1.807, 2.05) is 0 Å². The van der Waals surface area contributed by atoms with Gasteiger partial charge in [0.2, 0.25) is 0 Å². The number of nitrogens with zero attached hydrogens (tertiary/aromatic N) is 1. The Kier molecular flexibility index (Phi) is 4.70. The topological polar surface area (TPSA) is 79.3 Å². The van der Waals surface area contributed by atoms with Crippen molar-refractivity contribution in [2.24, 2.45) is 0 Å². The number of hydrogen-bond donors (Lipinski definition) is 2. The Morgan fingerprint density at radius 3 is 2.75 bits per heavy atom. The van der Waals surface area contributed by atoms with Gasteiger partial charge >= 0.3 is 0 Å². The van der Waals surface area contributed by atoms with E-state index in [1.54, 1.807) is 12.1 Å². The summed E-state index contributed by atoms with van der Waals surface area (Å²) in [6, 6.07) is 3.29. The van der Waals surface area contributed by atoms with Gasteiger partial charge in [-0.1, -0.05) is 0 Å². The van der Waals surface area contributed by atoms with Crippen LogP contribution in [0, 0.1) is 0 Å². The summed E-state index contributed by atoms with van der Waals surface area (Å²) in [6.07, 6.45) is 3.21. The molecule has 1 aromatic rings. The predicted molar refractivity (Wildman–Crippen MR) is 61.9 cm³/mol. The average Bonchev–Trinajstić information content (AvgIpc) is 2.19. The standard InChI is InChI=1S/C10H16N2O3S/c1-16(14,15)6-2-5-11-7-9-3-4-10(13)8-12-9/h3-4,8,11,13H,2,5-7H2,1H3. The van der Waals surface area contributed by atoms with Crippen molar-refractivity contribution in [3.05, 3.63) is 24.0 Å². The maximum Gasteiger partial charge on any atom is 0.147 e. The highest BCUT2D eigenvalue weighted by molar-refractivity contribution is 7.90. The summed E-state index contributed by atoms with van der Waals surface area (Å²) in [7, 11) is -2.86. The molecule has 0 aromatic carbocycles. The maximum atomic E-state index is 10.8. The number of aromatic nitrogens is 1. The molecule has 5 nitrogen and oxygen atoms in total. The molecular formula is C10H16N2O3S.